The Labute approximate surface area is 139 Å². The first-order valence-corrected chi connectivity index (χ1v) is 8.10. The van der Waals surface area contributed by atoms with Gasteiger partial charge in [0.2, 0.25) is 0 Å². The van der Waals surface area contributed by atoms with Crippen LogP contribution in [0.2, 0.25) is 0 Å². The summed E-state index contributed by atoms with van der Waals surface area (Å²) in [6, 6.07) is 12.6. The summed E-state index contributed by atoms with van der Waals surface area (Å²) in [6.07, 6.45) is 0. The van der Waals surface area contributed by atoms with Crippen LogP contribution in [0, 0.1) is 19.8 Å². The number of hydrogen-bond acceptors (Lipinski definition) is 3. The topological polar surface area (TPSA) is 30.5 Å². The number of ether oxygens (including phenoxy) is 2. The van der Waals surface area contributed by atoms with E-state index in [1.165, 1.54) is 11.1 Å². The minimum atomic E-state index is 0.491. The predicted molar refractivity (Wildman–Crippen MR) is 96.6 cm³/mol. The molecule has 0 bridgehead atoms. The Morgan fingerprint density at radius 3 is 2.26 bits per heavy atom. The number of anilines is 1. The molecule has 23 heavy (non-hydrogen) atoms. The van der Waals surface area contributed by atoms with Crippen molar-refractivity contribution in [1.29, 1.82) is 0 Å². The Morgan fingerprint density at radius 2 is 1.65 bits per heavy atom. The highest BCUT2D eigenvalue weighted by atomic mass is 16.5. The van der Waals surface area contributed by atoms with Crippen LogP contribution in [0.1, 0.15) is 30.5 Å². The molecule has 2 aromatic carbocycles. The van der Waals surface area contributed by atoms with E-state index < -0.39 is 0 Å². The van der Waals surface area contributed by atoms with Crippen molar-refractivity contribution in [3.63, 3.8) is 0 Å². The Morgan fingerprint density at radius 1 is 0.957 bits per heavy atom. The average Bonchev–Trinajstić information content (AvgIpc) is 2.50. The number of hydrogen-bond donors (Lipinski definition) is 1. The van der Waals surface area contributed by atoms with E-state index in [-0.39, 0.29) is 0 Å². The van der Waals surface area contributed by atoms with Crippen LogP contribution in [0.25, 0.3) is 0 Å². The van der Waals surface area contributed by atoms with Crippen LogP contribution in [-0.2, 0) is 6.54 Å². The summed E-state index contributed by atoms with van der Waals surface area (Å²) in [5.41, 5.74) is 4.84. The van der Waals surface area contributed by atoms with Crippen LogP contribution in [0.4, 0.5) is 5.69 Å². The highest BCUT2D eigenvalue weighted by molar-refractivity contribution is 5.50. The van der Waals surface area contributed by atoms with Crippen molar-refractivity contribution < 1.29 is 9.47 Å². The molecule has 0 aliphatic carbocycles. The molecular weight excluding hydrogens is 286 g/mol. The van der Waals surface area contributed by atoms with Gasteiger partial charge in [-0.25, -0.2) is 0 Å². The molecule has 0 atom stereocenters. The van der Waals surface area contributed by atoms with Gasteiger partial charge in [0.05, 0.1) is 13.7 Å². The number of methoxy groups -OCH3 is 1. The van der Waals surface area contributed by atoms with Crippen molar-refractivity contribution in [3.8, 4) is 11.5 Å². The van der Waals surface area contributed by atoms with E-state index in [2.05, 4.69) is 57.3 Å². The van der Waals surface area contributed by atoms with Gasteiger partial charge < -0.3 is 14.8 Å². The SMILES string of the molecule is COc1cc(CNc2cc(C)cc(C)c2)ccc1OCC(C)C. The zero-order chi connectivity index (χ0) is 16.8. The highest BCUT2D eigenvalue weighted by Gasteiger charge is 2.07. The second-order valence-electron chi connectivity index (χ2n) is 6.42. The van der Waals surface area contributed by atoms with Gasteiger partial charge >= 0.3 is 0 Å². The molecule has 0 amide bonds. The monoisotopic (exact) mass is 313 g/mol. The lowest BCUT2D eigenvalue weighted by atomic mass is 10.1. The van der Waals surface area contributed by atoms with E-state index >= 15 is 0 Å². The molecule has 0 aliphatic rings. The Kier molecular flexibility index (Phi) is 5.91. The van der Waals surface area contributed by atoms with Gasteiger partial charge in [-0.2, -0.15) is 0 Å². The van der Waals surface area contributed by atoms with E-state index in [9.17, 15) is 0 Å². The fraction of sp³-hybridized carbons (Fsp3) is 0.400. The molecule has 0 spiro atoms. The summed E-state index contributed by atoms with van der Waals surface area (Å²) in [5, 5.41) is 3.47. The molecule has 0 saturated carbocycles. The minimum Gasteiger partial charge on any atom is -0.493 e. The van der Waals surface area contributed by atoms with E-state index in [0.717, 1.165) is 29.3 Å². The van der Waals surface area contributed by atoms with E-state index in [1.807, 2.05) is 12.1 Å². The summed E-state index contributed by atoms with van der Waals surface area (Å²) >= 11 is 0. The lowest BCUT2D eigenvalue weighted by molar-refractivity contribution is 0.257. The summed E-state index contributed by atoms with van der Waals surface area (Å²) in [6.45, 7) is 9.94. The highest BCUT2D eigenvalue weighted by Crippen LogP contribution is 2.29. The van der Waals surface area contributed by atoms with Gasteiger partial charge in [0, 0.05) is 12.2 Å². The molecule has 0 fully saturated rings. The molecule has 124 valence electrons. The van der Waals surface area contributed by atoms with Gasteiger partial charge in [0.1, 0.15) is 0 Å². The number of aryl methyl sites for hydroxylation is 2. The van der Waals surface area contributed by atoms with Crippen molar-refractivity contribution in [2.45, 2.75) is 34.2 Å². The first-order chi connectivity index (χ1) is 11.0. The second kappa shape index (κ2) is 7.91. The third-order valence-corrected chi connectivity index (χ3v) is 3.52. The molecule has 0 saturated heterocycles. The molecule has 2 aromatic rings. The van der Waals surface area contributed by atoms with Crippen LogP contribution in [0.15, 0.2) is 36.4 Å². The maximum absolute atomic E-state index is 5.79. The van der Waals surface area contributed by atoms with E-state index in [1.54, 1.807) is 7.11 Å². The lowest BCUT2D eigenvalue weighted by Gasteiger charge is -2.14. The van der Waals surface area contributed by atoms with Crippen molar-refractivity contribution in [3.05, 3.63) is 53.1 Å². The van der Waals surface area contributed by atoms with Gasteiger partial charge in [-0.3, -0.25) is 0 Å². The molecule has 3 nitrogen and oxygen atoms in total. The zero-order valence-electron chi connectivity index (χ0n) is 14.8. The fourth-order valence-electron chi connectivity index (χ4n) is 2.48. The Hall–Kier alpha value is -2.16. The quantitative estimate of drug-likeness (QED) is 0.783. The van der Waals surface area contributed by atoms with Crippen molar-refractivity contribution >= 4 is 5.69 Å². The minimum absolute atomic E-state index is 0.491. The Bertz CT molecular complexity index is 630. The Balaban J connectivity index is 2.05. The molecule has 0 heterocycles. The maximum atomic E-state index is 5.79. The van der Waals surface area contributed by atoms with Crippen LogP contribution in [0.5, 0.6) is 11.5 Å². The molecular formula is C20H27NO2. The normalized spacial score (nSPS) is 10.7. The standard InChI is InChI=1S/C20H27NO2/c1-14(2)13-23-19-7-6-17(11-20(19)22-5)12-21-18-9-15(3)8-16(4)10-18/h6-11,14,21H,12-13H2,1-5H3. The van der Waals surface area contributed by atoms with Crippen LogP contribution < -0.4 is 14.8 Å². The molecule has 3 heteroatoms. The summed E-state index contributed by atoms with van der Waals surface area (Å²) < 4.78 is 11.2. The van der Waals surface area contributed by atoms with Gasteiger partial charge in [-0.1, -0.05) is 26.0 Å². The van der Waals surface area contributed by atoms with Crippen LogP contribution >= 0.6 is 0 Å². The number of benzene rings is 2. The smallest absolute Gasteiger partial charge is 0.161 e. The summed E-state index contributed by atoms with van der Waals surface area (Å²) in [5.74, 6) is 2.08. The van der Waals surface area contributed by atoms with Crippen LogP contribution in [0.3, 0.4) is 0 Å². The third kappa shape index (κ3) is 5.20. The van der Waals surface area contributed by atoms with Gasteiger partial charge in [-0.15, -0.1) is 0 Å². The largest absolute Gasteiger partial charge is 0.493 e. The van der Waals surface area contributed by atoms with Crippen molar-refractivity contribution in [1.82, 2.24) is 0 Å². The first kappa shape index (κ1) is 17.2. The molecule has 0 radical (unpaired) electrons. The van der Waals surface area contributed by atoms with Crippen LogP contribution in [-0.4, -0.2) is 13.7 Å². The molecule has 1 N–H and O–H groups in total. The van der Waals surface area contributed by atoms with Gasteiger partial charge in [0.15, 0.2) is 11.5 Å². The predicted octanol–water partition coefficient (Wildman–Crippen LogP) is 4.96. The van der Waals surface area contributed by atoms with Gasteiger partial charge in [0.25, 0.3) is 0 Å². The first-order valence-electron chi connectivity index (χ1n) is 8.10. The molecule has 0 aromatic heterocycles. The van der Waals surface area contributed by atoms with E-state index in [0.29, 0.717) is 12.5 Å². The third-order valence-electron chi connectivity index (χ3n) is 3.52. The molecule has 2 rings (SSSR count). The fourth-order valence-corrected chi connectivity index (χ4v) is 2.48. The van der Waals surface area contributed by atoms with Crippen molar-refractivity contribution in [2.75, 3.05) is 19.0 Å². The average molecular weight is 313 g/mol. The molecule has 0 unspecified atom stereocenters. The number of nitrogens with one attached hydrogen (secondary N) is 1. The summed E-state index contributed by atoms with van der Waals surface area (Å²) in [4.78, 5) is 0. The van der Waals surface area contributed by atoms with Gasteiger partial charge in [-0.05, 0) is 60.7 Å². The maximum Gasteiger partial charge on any atom is 0.161 e. The lowest BCUT2D eigenvalue weighted by Crippen LogP contribution is -2.06. The second-order valence-corrected chi connectivity index (χ2v) is 6.42. The summed E-state index contributed by atoms with van der Waals surface area (Å²) in [7, 11) is 1.68. The zero-order valence-corrected chi connectivity index (χ0v) is 14.8. The molecule has 0 aliphatic heterocycles. The number of rotatable bonds is 7. The van der Waals surface area contributed by atoms with E-state index in [4.69, 9.17) is 9.47 Å². The van der Waals surface area contributed by atoms with Crippen molar-refractivity contribution in [2.24, 2.45) is 5.92 Å².